The first-order valence-corrected chi connectivity index (χ1v) is 7.95. The zero-order chi connectivity index (χ0) is 12.9. The van der Waals surface area contributed by atoms with E-state index in [4.69, 9.17) is 0 Å². The molecule has 3 rings (SSSR count). The van der Waals surface area contributed by atoms with Crippen molar-refractivity contribution >= 4 is 0 Å². The predicted octanol–water partition coefficient (Wildman–Crippen LogP) is 3.31. The van der Waals surface area contributed by atoms with Crippen LogP contribution in [0.4, 0.5) is 0 Å². The quantitative estimate of drug-likeness (QED) is 0.817. The van der Waals surface area contributed by atoms with Gasteiger partial charge in [-0.3, -0.25) is 4.90 Å². The Labute approximate surface area is 117 Å². The maximum absolute atomic E-state index is 2.70. The van der Waals surface area contributed by atoms with Gasteiger partial charge >= 0.3 is 0 Å². The number of benzene rings is 1. The van der Waals surface area contributed by atoms with Gasteiger partial charge in [-0.15, -0.1) is 0 Å². The first kappa shape index (κ1) is 13.1. The number of hydrogen-bond donors (Lipinski definition) is 0. The van der Waals surface area contributed by atoms with Gasteiger partial charge < -0.3 is 4.90 Å². The number of rotatable bonds is 4. The largest absolute Gasteiger partial charge is 0.301 e. The van der Waals surface area contributed by atoms with Gasteiger partial charge in [-0.2, -0.15) is 0 Å². The van der Waals surface area contributed by atoms with Crippen molar-refractivity contribution in [1.82, 2.24) is 9.80 Å². The third-order valence-electron chi connectivity index (χ3n) is 4.65. The molecule has 0 aromatic heterocycles. The van der Waals surface area contributed by atoms with Gasteiger partial charge in [-0.25, -0.2) is 0 Å². The van der Waals surface area contributed by atoms with Crippen LogP contribution in [0.2, 0.25) is 0 Å². The van der Waals surface area contributed by atoms with E-state index in [9.17, 15) is 0 Å². The predicted molar refractivity (Wildman–Crippen MR) is 80.3 cm³/mol. The third-order valence-corrected chi connectivity index (χ3v) is 4.65. The molecule has 1 aromatic rings. The molecule has 2 aliphatic heterocycles. The van der Waals surface area contributed by atoms with Crippen molar-refractivity contribution in [2.75, 3.05) is 32.7 Å². The highest BCUT2D eigenvalue weighted by Crippen LogP contribution is 2.27. The van der Waals surface area contributed by atoms with Gasteiger partial charge in [0.1, 0.15) is 0 Å². The van der Waals surface area contributed by atoms with Gasteiger partial charge in [0.2, 0.25) is 0 Å². The summed E-state index contributed by atoms with van der Waals surface area (Å²) in [5, 5.41) is 0. The van der Waals surface area contributed by atoms with Crippen LogP contribution in [-0.4, -0.2) is 42.5 Å². The molecule has 1 atom stereocenters. The molecule has 2 fully saturated rings. The Kier molecular flexibility index (Phi) is 4.52. The van der Waals surface area contributed by atoms with E-state index in [-0.39, 0.29) is 0 Å². The molecule has 0 aliphatic carbocycles. The SMILES string of the molecule is c1ccc([C@@H](CN2CCCCC2)N2CCCC2)cc1. The summed E-state index contributed by atoms with van der Waals surface area (Å²) >= 11 is 0. The van der Waals surface area contributed by atoms with Crippen molar-refractivity contribution in [2.24, 2.45) is 0 Å². The molecule has 0 amide bonds. The fraction of sp³-hybridized carbons (Fsp3) is 0.647. The minimum absolute atomic E-state index is 0.613. The van der Waals surface area contributed by atoms with E-state index in [1.807, 2.05) is 0 Å². The molecule has 2 saturated heterocycles. The lowest BCUT2D eigenvalue weighted by Crippen LogP contribution is -2.39. The van der Waals surface area contributed by atoms with Crippen molar-refractivity contribution in [2.45, 2.75) is 38.1 Å². The topological polar surface area (TPSA) is 6.48 Å². The molecular weight excluding hydrogens is 232 g/mol. The van der Waals surface area contributed by atoms with E-state index in [2.05, 4.69) is 40.1 Å². The van der Waals surface area contributed by atoms with E-state index < -0.39 is 0 Å². The summed E-state index contributed by atoms with van der Waals surface area (Å²) in [6.07, 6.45) is 6.96. The lowest BCUT2D eigenvalue weighted by Gasteiger charge is -2.35. The lowest BCUT2D eigenvalue weighted by molar-refractivity contribution is 0.144. The summed E-state index contributed by atoms with van der Waals surface area (Å²) in [7, 11) is 0. The Balaban J connectivity index is 1.72. The second kappa shape index (κ2) is 6.53. The molecule has 0 saturated carbocycles. The zero-order valence-corrected chi connectivity index (χ0v) is 11.9. The first-order valence-electron chi connectivity index (χ1n) is 7.95. The van der Waals surface area contributed by atoms with Crippen molar-refractivity contribution in [3.8, 4) is 0 Å². The maximum atomic E-state index is 2.70. The van der Waals surface area contributed by atoms with Crippen molar-refractivity contribution in [1.29, 1.82) is 0 Å². The molecule has 0 radical (unpaired) electrons. The number of likely N-dealkylation sites (tertiary alicyclic amines) is 2. The zero-order valence-electron chi connectivity index (χ0n) is 11.9. The minimum atomic E-state index is 0.613. The van der Waals surface area contributed by atoms with Gasteiger partial charge in [-0.1, -0.05) is 36.8 Å². The van der Waals surface area contributed by atoms with Gasteiger partial charge in [0.05, 0.1) is 0 Å². The molecule has 104 valence electrons. The molecule has 2 heteroatoms. The summed E-state index contributed by atoms with van der Waals surface area (Å²) < 4.78 is 0. The smallest absolute Gasteiger partial charge is 0.0475 e. The minimum Gasteiger partial charge on any atom is -0.301 e. The normalized spacial score (nSPS) is 23.6. The van der Waals surface area contributed by atoms with Gasteiger partial charge in [0, 0.05) is 12.6 Å². The highest BCUT2D eigenvalue weighted by molar-refractivity contribution is 5.19. The molecule has 2 nitrogen and oxygen atoms in total. The second-order valence-corrected chi connectivity index (χ2v) is 6.03. The summed E-state index contributed by atoms with van der Waals surface area (Å²) in [5.41, 5.74) is 1.51. The molecule has 19 heavy (non-hydrogen) atoms. The van der Waals surface area contributed by atoms with Crippen LogP contribution in [0.15, 0.2) is 30.3 Å². The lowest BCUT2D eigenvalue weighted by atomic mass is 10.0. The van der Waals surface area contributed by atoms with Crippen LogP contribution in [0, 0.1) is 0 Å². The Morgan fingerprint density at radius 1 is 0.789 bits per heavy atom. The van der Waals surface area contributed by atoms with Crippen LogP contribution in [0.3, 0.4) is 0 Å². The fourth-order valence-electron chi connectivity index (χ4n) is 3.55. The Bertz CT molecular complexity index is 364. The van der Waals surface area contributed by atoms with Crippen molar-refractivity contribution in [3.63, 3.8) is 0 Å². The van der Waals surface area contributed by atoms with Crippen molar-refractivity contribution < 1.29 is 0 Å². The Hall–Kier alpha value is -0.860. The molecule has 2 aliphatic rings. The van der Waals surface area contributed by atoms with E-state index in [0.717, 1.165) is 0 Å². The highest BCUT2D eigenvalue weighted by atomic mass is 15.2. The fourth-order valence-corrected chi connectivity index (χ4v) is 3.55. The number of piperidine rings is 1. The molecule has 0 unspecified atom stereocenters. The van der Waals surface area contributed by atoms with E-state index in [1.165, 1.54) is 70.4 Å². The highest BCUT2D eigenvalue weighted by Gasteiger charge is 2.25. The van der Waals surface area contributed by atoms with E-state index in [0.29, 0.717) is 6.04 Å². The number of hydrogen-bond acceptors (Lipinski definition) is 2. The van der Waals surface area contributed by atoms with Gasteiger partial charge in [0.25, 0.3) is 0 Å². The molecule has 1 aromatic carbocycles. The summed E-state index contributed by atoms with van der Waals surface area (Å²) in [6.45, 7) is 6.40. The standard InChI is InChI=1S/C17H26N2/c1-3-9-16(10-4-1)17(19-13-7-8-14-19)15-18-11-5-2-6-12-18/h1,3-4,9-10,17H,2,5-8,11-15H2/t17-/m1/s1. The van der Waals surface area contributed by atoms with E-state index in [1.54, 1.807) is 0 Å². The second-order valence-electron chi connectivity index (χ2n) is 6.03. The van der Waals surface area contributed by atoms with Crippen LogP contribution in [0.25, 0.3) is 0 Å². The molecule has 0 spiro atoms. The summed E-state index contributed by atoms with van der Waals surface area (Å²) in [5.74, 6) is 0. The summed E-state index contributed by atoms with van der Waals surface area (Å²) in [6, 6.07) is 11.7. The van der Waals surface area contributed by atoms with Crippen LogP contribution < -0.4 is 0 Å². The Morgan fingerprint density at radius 2 is 1.42 bits per heavy atom. The average molecular weight is 258 g/mol. The Morgan fingerprint density at radius 3 is 2.11 bits per heavy atom. The van der Waals surface area contributed by atoms with Crippen LogP contribution in [-0.2, 0) is 0 Å². The van der Waals surface area contributed by atoms with Crippen LogP contribution in [0.5, 0.6) is 0 Å². The number of nitrogens with zero attached hydrogens (tertiary/aromatic N) is 2. The molecule has 0 N–H and O–H groups in total. The monoisotopic (exact) mass is 258 g/mol. The molecular formula is C17H26N2. The van der Waals surface area contributed by atoms with Crippen molar-refractivity contribution in [3.05, 3.63) is 35.9 Å². The van der Waals surface area contributed by atoms with Gasteiger partial charge in [0.15, 0.2) is 0 Å². The van der Waals surface area contributed by atoms with Crippen LogP contribution in [0.1, 0.15) is 43.7 Å². The van der Waals surface area contributed by atoms with Gasteiger partial charge in [-0.05, 0) is 57.4 Å². The average Bonchev–Trinajstić information content (AvgIpc) is 3.01. The molecule has 2 heterocycles. The molecule has 0 bridgehead atoms. The third kappa shape index (κ3) is 3.37. The maximum Gasteiger partial charge on any atom is 0.0475 e. The van der Waals surface area contributed by atoms with E-state index >= 15 is 0 Å². The van der Waals surface area contributed by atoms with Crippen LogP contribution >= 0.6 is 0 Å². The summed E-state index contributed by atoms with van der Waals surface area (Å²) in [4.78, 5) is 5.38. The first-order chi connectivity index (χ1) is 9.43.